The summed E-state index contributed by atoms with van der Waals surface area (Å²) in [5, 5.41) is 21.3. The summed E-state index contributed by atoms with van der Waals surface area (Å²) >= 11 is 0. The number of carboxylic acids is 2. The average Bonchev–Trinajstić information content (AvgIpc) is 3.50. The summed E-state index contributed by atoms with van der Waals surface area (Å²) in [5.41, 5.74) is 6.25. The number of aliphatic carboxylic acids is 2. The van der Waals surface area contributed by atoms with Gasteiger partial charge in [-0.25, -0.2) is 19.2 Å². The Kier molecular flexibility index (Phi) is 10.4. The summed E-state index contributed by atoms with van der Waals surface area (Å²) < 4.78 is 21.7. The standard InChI is InChI=1S/C45H34O10/c46-41(47)17-19-43(50)54-23-21-52-35-15-11-29-25-33(13-9-31(29)27-35)45(39-7-3-1-5-37(39)38-6-2-4-8-40(38)45)34-14-10-32-28-36(16-12-30(32)26-34)53-22-24-55-44(51)20-18-42(48)49/h1-20,25-28H,21-24H2,(H,46,47)(H,48,49)/b19-17+,20-18+. The quantitative estimate of drug-likeness (QED) is 0.0655. The Morgan fingerprint density at radius 1 is 0.473 bits per heavy atom. The topological polar surface area (TPSA) is 146 Å². The van der Waals surface area contributed by atoms with Crippen molar-refractivity contribution >= 4 is 45.4 Å². The molecule has 0 unspecified atom stereocenters. The monoisotopic (exact) mass is 734 g/mol. The molecule has 10 nitrogen and oxygen atoms in total. The van der Waals surface area contributed by atoms with Crippen LogP contribution in [0.2, 0.25) is 0 Å². The molecule has 0 amide bonds. The van der Waals surface area contributed by atoms with Crippen LogP contribution in [0, 0.1) is 0 Å². The van der Waals surface area contributed by atoms with Crippen LogP contribution >= 0.6 is 0 Å². The smallest absolute Gasteiger partial charge is 0.331 e. The largest absolute Gasteiger partial charge is 0.490 e. The molecule has 0 aromatic heterocycles. The number of carbonyl (C=O) groups excluding carboxylic acids is 2. The zero-order valence-electron chi connectivity index (χ0n) is 29.3. The first-order valence-electron chi connectivity index (χ1n) is 17.4. The third-order valence-electron chi connectivity index (χ3n) is 9.36. The maximum atomic E-state index is 11.7. The summed E-state index contributed by atoms with van der Waals surface area (Å²) in [6.45, 7) is 0.139. The van der Waals surface area contributed by atoms with Crippen molar-refractivity contribution in [3.63, 3.8) is 0 Å². The van der Waals surface area contributed by atoms with Gasteiger partial charge in [0.15, 0.2) is 0 Å². The summed E-state index contributed by atoms with van der Waals surface area (Å²) in [4.78, 5) is 44.5. The number of carbonyl (C=O) groups is 4. The molecule has 1 aliphatic rings. The van der Waals surface area contributed by atoms with Gasteiger partial charge in [-0.15, -0.1) is 0 Å². The van der Waals surface area contributed by atoms with Gasteiger partial charge in [0.25, 0.3) is 0 Å². The van der Waals surface area contributed by atoms with E-state index in [1.807, 2.05) is 36.4 Å². The van der Waals surface area contributed by atoms with Crippen LogP contribution in [0.1, 0.15) is 22.3 Å². The first-order chi connectivity index (χ1) is 26.7. The van der Waals surface area contributed by atoms with Crippen LogP contribution < -0.4 is 9.47 Å². The summed E-state index contributed by atoms with van der Waals surface area (Å²) in [6.07, 6.45) is 3.16. The lowest BCUT2D eigenvalue weighted by atomic mass is 9.67. The average molecular weight is 735 g/mol. The van der Waals surface area contributed by atoms with E-state index in [1.54, 1.807) is 0 Å². The highest BCUT2D eigenvalue weighted by Crippen LogP contribution is 2.56. The Balaban J connectivity index is 1.18. The number of hydrogen-bond donors (Lipinski definition) is 2. The van der Waals surface area contributed by atoms with E-state index < -0.39 is 29.3 Å². The highest BCUT2D eigenvalue weighted by atomic mass is 16.6. The lowest BCUT2D eigenvalue weighted by molar-refractivity contribution is -0.139. The van der Waals surface area contributed by atoms with E-state index in [2.05, 4.69) is 84.9 Å². The van der Waals surface area contributed by atoms with E-state index in [0.29, 0.717) is 11.5 Å². The number of carboxylic acid groups (broad SMARTS) is 2. The van der Waals surface area contributed by atoms with Gasteiger partial charge in [0.1, 0.15) is 37.9 Å². The molecule has 6 aromatic rings. The van der Waals surface area contributed by atoms with E-state index >= 15 is 0 Å². The minimum atomic E-state index is -1.23. The highest BCUT2D eigenvalue weighted by molar-refractivity contribution is 5.93. The molecule has 0 radical (unpaired) electrons. The van der Waals surface area contributed by atoms with Gasteiger partial charge in [-0.2, -0.15) is 0 Å². The van der Waals surface area contributed by atoms with E-state index in [9.17, 15) is 19.2 Å². The maximum absolute atomic E-state index is 11.7. The fraction of sp³-hybridized carbons (Fsp3) is 0.111. The molecule has 0 atom stereocenters. The van der Waals surface area contributed by atoms with Gasteiger partial charge in [-0.3, -0.25) is 0 Å². The van der Waals surface area contributed by atoms with Gasteiger partial charge in [0.2, 0.25) is 0 Å². The van der Waals surface area contributed by atoms with Crippen LogP contribution in [0.5, 0.6) is 11.5 Å². The van der Waals surface area contributed by atoms with Gasteiger partial charge in [-0.05, 0) is 91.3 Å². The van der Waals surface area contributed by atoms with Crippen molar-refractivity contribution < 1.29 is 48.3 Å². The summed E-state index contributed by atoms with van der Waals surface area (Å²) in [5.74, 6) is -2.76. The molecule has 0 fully saturated rings. The van der Waals surface area contributed by atoms with Crippen molar-refractivity contribution in [2.75, 3.05) is 26.4 Å². The summed E-state index contributed by atoms with van der Waals surface area (Å²) in [7, 11) is 0. The maximum Gasteiger partial charge on any atom is 0.331 e. The Morgan fingerprint density at radius 3 is 1.31 bits per heavy atom. The minimum absolute atomic E-state index is 0.0338. The minimum Gasteiger partial charge on any atom is -0.490 e. The molecule has 0 spiro atoms. The first kappa shape index (κ1) is 36.2. The van der Waals surface area contributed by atoms with Gasteiger partial charge in [-0.1, -0.05) is 84.9 Å². The number of rotatable bonds is 14. The molecule has 1 aliphatic carbocycles. The van der Waals surface area contributed by atoms with Crippen LogP contribution in [-0.2, 0) is 34.1 Å². The van der Waals surface area contributed by atoms with Crippen molar-refractivity contribution in [1.29, 1.82) is 0 Å². The molecule has 6 aromatic carbocycles. The lowest BCUT2D eigenvalue weighted by Crippen LogP contribution is -2.28. The van der Waals surface area contributed by atoms with Crippen molar-refractivity contribution in [3.05, 3.63) is 168 Å². The SMILES string of the molecule is O=C(O)/C=C/C(=O)OCCOc1ccc2cc(C3(c4ccc5cc(OCCOC(=O)/C=C/C(=O)O)ccc5c4)c4ccccc4-c4ccccc43)ccc2c1. The van der Waals surface area contributed by atoms with Crippen LogP contribution in [0.15, 0.2) is 146 Å². The van der Waals surface area contributed by atoms with E-state index in [4.69, 9.17) is 29.2 Å². The van der Waals surface area contributed by atoms with Crippen LogP contribution in [-0.4, -0.2) is 60.5 Å². The van der Waals surface area contributed by atoms with Gasteiger partial charge in [0, 0.05) is 24.3 Å². The number of fused-ring (bicyclic) bond motifs is 5. The Morgan fingerprint density at radius 2 is 0.873 bits per heavy atom. The Bertz CT molecular complexity index is 2340. The van der Waals surface area contributed by atoms with Crippen LogP contribution in [0.4, 0.5) is 0 Å². The number of hydrogen-bond acceptors (Lipinski definition) is 8. The second-order valence-electron chi connectivity index (χ2n) is 12.7. The fourth-order valence-corrected chi connectivity index (χ4v) is 7.10. The third kappa shape index (κ3) is 7.65. The molecule has 0 aliphatic heterocycles. The zero-order chi connectivity index (χ0) is 38.4. The molecule has 0 saturated heterocycles. The molecule has 10 heteroatoms. The normalized spacial score (nSPS) is 12.7. The second-order valence-corrected chi connectivity index (χ2v) is 12.7. The molecule has 0 heterocycles. The lowest BCUT2D eigenvalue weighted by Gasteiger charge is -2.34. The number of ether oxygens (including phenoxy) is 4. The molecule has 0 bridgehead atoms. The molecular weight excluding hydrogens is 700 g/mol. The molecule has 2 N–H and O–H groups in total. The Labute approximate surface area is 315 Å². The third-order valence-corrected chi connectivity index (χ3v) is 9.36. The first-order valence-corrected chi connectivity index (χ1v) is 17.4. The fourth-order valence-electron chi connectivity index (χ4n) is 7.10. The predicted octanol–water partition coefficient (Wildman–Crippen LogP) is 7.48. The highest BCUT2D eigenvalue weighted by Gasteiger charge is 2.46. The van der Waals surface area contributed by atoms with E-state index in [-0.39, 0.29) is 26.4 Å². The van der Waals surface area contributed by atoms with Crippen molar-refractivity contribution in [2.45, 2.75) is 5.41 Å². The molecule has 0 saturated carbocycles. The molecule has 7 rings (SSSR count). The molecule has 55 heavy (non-hydrogen) atoms. The van der Waals surface area contributed by atoms with Crippen molar-refractivity contribution in [3.8, 4) is 22.6 Å². The van der Waals surface area contributed by atoms with Crippen LogP contribution in [0.25, 0.3) is 32.7 Å². The molecule has 274 valence electrons. The number of benzene rings is 6. The second kappa shape index (κ2) is 15.8. The summed E-state index contributed by atoms with van der Waals surface area (Å²) in [6, 6.07) is 41.6. The van der Waals surface area contributed by atoms with E-state index in [1.165, 1.54) is 22.3 Å². The van der Waals surface area contributed by atoms with Gasteiger partial charge in [0.05, 0.1) is 5.41 Å². The van der Waals surface area contributed by atoms with E-state index in [0.717, 1.165) is 57.0 Å². The van der Waals surface area contributed by atoms with Crippen molar-refractivity contribution in [1.82, 2.24) is 0 Å². The van der Waals surface area contributed by atoms with Crippen LogP contribution in [0.3, 0.4) is 0 Å². The van der Waals surface area contributed by atoms with Crippen molar-refractivity contribution in [2.24, 2.45) is 0 Å². The number of esters is 2. The van der Waals surface area contributed by atoms with Gasteiger partial charge >= 0.3 is 23.9 Å². The molecular formula is C45H34O10. The predicted molar refractivity (Wildman–Crippen MR) is 205 cm³/mol. The Hall–Kier alpha value is -7.20. The van der Waals surface area contributed by atoms with Gasteiger partial charge < -0.3 is 29.2 Å². The zero-order valence-corrected chi connectivity index (χ0v) is 29.3.